The quantitative estimate of drug-likeness (QED) is 0.572. The van der Waals surface area contributed by atoms with Crippen LogP contribution < -0.4 is 10.6 Å². The van der Waals surface area contributed by atoms with Crippen molar-refractivity contribution in [2.75, 3.05) is 13.1 Å². The molecule has 0 radical (unpaired) electrons. The first-order valence-electron chi connectivity index (χ1n) is 10.3. The number of aliphatic hydroxyl groups is 1. The van der Waals surface area contributed by atoms with Gasteiger partial charge in [0.25, 0.3) is 0 Å². The molecular weight excluding hydrogens is 404 g/mol. The summed E-state index contributed by atoms with van der Waals surface area (Å²) < 4.78 is 0. The highest BCUT2D eigenvalue weighted by Crippen LogP contribution is 2.31. The van der Waals surface area contributed by atoms with Crippen molar-refractivity contribution in [3.8, 4) is 0 Å². The van der Waals surface area contributed by atoms with Gasteiger partial charge in [0.05, 0.1) is 18.0 Å². The number of carbonyl (C=O) groups is 2. The molecule has 2 aliphatic heterocycles. The first kappa shape index (κ1) is 20.7. The van der Waals surface area contributed by atoms with Crippen molar-refractivity contribution in [1.29, 1.82) is 0 Å². The van der Waals surface area contributed by atoms with Crippen molar-refractivity contribution in [3.05, 3.63) is 35.4 Å². The van der Waals surface area contributed by atoms with Crippen LogP contribution in [0.25, 0.3) is 0 Å². The predicted molar refractivity (Wildman–Crippen MR) is 120 cm³/mol. The van der Waals surface area contributed by atoms with Gasteiger partial charge in [-0.15, -0.1) is 0 Å². The number of hydrogen-bond acceptors (Lipinski definition) is 6. The van der Waals surface area contributed by atoms with E-state index in [4.69, 9.17) is 24.4 Å². The molecule has 0 amide bonds. The van der Waals surface area contributed by atoms with Crippen LogP contribution in [0.1, 0.15) is 30.4 Å². The van der Waals surface area contributed by atoms with Gasteiger partial charge in [0.15, 0.2) is 10.8 Å². The number of aliphatic hydroxyl groups excluding tert-OH is 1. The number of hydrogen-bond donors (Lipinski definition) is 3. The molecule has 0 spiro atoms. The first-order chi connectivity index (χ1) is 14.0. The van der Waals surface area contributed by atoms with Crippen LogP contribution in [-0.2, 0) is 22.4 Å². The highest BCUT2D eigenvalue weighted by molar-refractivity contribution is 7.80. The fraction of sp³-hybridized carbons (Fsp3) is 0.545. The zero-order chi connectivity index (χ0) is 20.5. The maximum absolute atomic E-state index is 13.1. The zero-order valence-corrected chi connectivity index (χ0v) is 17.9. The Labute approximate surface area is 181 Å². The summed E-state index contributed by atoms with van der Waals surface area (Å²) in [7, 11) is 0. The molecule has 7 heteroatoms. The van der Waals surface area contributed by atoms with Crippen molar-refractivity contribution < 1.29 is 14.7 Å². The molecule has 1 aromatic carbocycles. The fourth-order valence-corrected chi connectivity index (χ4v) is 5.71. The molecule has 29 heavy (non-hydrogen) atoms. The van der Waals surface area contributed by atoms with Gasteiger partial charge in [-0.05, 0) is 61.5 Å². The lowest BCUT2D eigenvalue weighted by Gasteiger charge is -2.23. The molecule has 4 rings (SSSR count). The van der Waals surface area contributed by atoms with Gasteiger partial charge in [-0.25, -0.2) is 0 Å². The molecule has 1 aliphatic carbocycles. The summed E-state index contributed by atoms with van der Waals surface area (Å²) in [4.78, 5) is 26.8. The molecule has 0 bridgehead atoms. The smallest absolute Gasteiger partial charge is 0.174 e. The van der Waals surface area contributed by atoms with E-state index in [1.807, 2.05) is 0 Å². The maximum atomic E-state index is 13.1. The average molecular weight is 431 g/mol. The number of Topliss-reactive ketones (excluding diaryl/α,β-unsaturated/α-hetero) is 2. The van der Waals surface area contributed by atoms with E-state index in [1.54, 1.807) is 0 Å². The second kappa shape index (κ2) is 8.68. The molecule has 3 N–H and O–H groups in total. The van der Waals surface area contributed by atoms with Crippen molar-refractivity contribution in [2.24, 2.45) is 17.8 Å². The second-order valence-corrected chi connectivity index (χ2v) is 9.36. The first-order valence-corrected chi connectivity index (χ1v) is 11.1. The molecule has 0 saturated carbocycles. The highest BCUT2D eigenvalue weighted by atomic mass is 32.1. The molecule has 0 aromatic heterocycles. The van der Waals surface area contributed by atoms with Crippen LogP contribution in [0.4, 0.5) is 0 Å². The van der Waals surface area contributed by atoms with E-state index >= 15 is 0 Å². The van der Waals surface area contributed by atoms with Crippen LogP contribution in [-0.4, -0.2) is 51.8 Å². The minimum absolute atomic E-state index is 0.0587. The SMILES string of the molecule is O=C(CCC1Cc2ccccc2C1)C1C(=S)CN[C@@H]1C(=O)C1CCN[C@@H]1C(O)=S. The van der Waals surface area contributed by atoms with Gasteiger partial charge in [0.2, 0.25) is 0 Å². The Morgan fingerprint density at radius 1 is 1.10 bits per heavy atom. The number of fused-ring (bicyclic) bond motifs is 1. The number of benzene rings is 1. The lowest BCUT2D eigenvalue weighted by atomic mass is 9.82. The van der Waals surface area contributed by atoms with Crippen molar-refractivity contribution >= 4 is 45.9 Å². The number of nitrogens with one attached hydrogen (secondary N) is 2. The van der Waals surface area contributed by atoms with Crippen molar-refractivity contribution in [3.63, 3.8) is 0 Å². The minimum Gasteiger partial charge on any atom is -0.501 e. The van der Waals surface area contributed by atoms with E-state index in [9.17, 15) is 14.7 Å². The molecule has 154 valence electrons. The summed E-state index contributed by atoms with van der Waals surface area (Å²) in [6, 6.07) is 7.35. The van der Waals surface area contributed by atoms with Crippen LogP contribution in [0.15, 0.2) is 24.3 Å². The Morgan fingerprint density at radius 3 is 2.45 bits per heavy atom. The van der Waals surface area contributed by atoms with Gasteiger partial charge >= 0.3 is 0 Å². The zero-order valence-electron chi connectivity index (χ0n) is 16.2. The molecule has 2 saturated heterocycles. The number of thiocarbonyl (C=S) groups is 2. The van der Waals surface area contributed by atoms with Crippen LogP contribution in [0.3, 0.4) is 0 Å². The normalized spacial score (nSPS) is 29.2. The number of carbonyl (C=O) groups excluding carboxylic acids is 2. The van der Waals surface area contributed by atoms with Crippen molar-refractivity contribution in [2.45, 2.75) is 44.2 Å². The Kier molecular flexibility index (Phi) is 6.20. The van der Waals surface area contributed by atoms with Gasteiger partial charge < -0.3 is 15.7 Å². The Morgan fingerprint density at radius 2 is 1.79 bits per heavy atom. The van der Waals surface area contributed by atoms with Gasteiger partial charge in [-0.3, -0.25) is 9.59 Å². The van der Waals surface area contributed by atoms with Crippen LogP contribution in [0.2, 0.25) is 0 Å². The molecule has 4 atom stereocenters. The summed E-state index contributed by atoms with van der Waals surface area (Å²) in [6.45, 7) is 1.03. The summed E-state index contributed by atoms with van der Waals surface area (Å²) >= 11 is 10.3. The highest BCUT2D eigenvalue weighted by Gasteiger charge is 2.46. The standard InChI is InChI=1S/C22H26N2O3S2/c25-16(6-5-12-9-13-3-1-2-4-14(13)10-12)18-17(28)11-24-20(18)21(26)15-7-8-23-19(15)22(27)29/h1-4,12,15,18-20,23-24H,5-11H2,(H,27,29)/t15?,18?,19-,20-/m0/s1. The van der Waals surface area contributed by atoms with Gasteiger partial charge in [-0.2, -0.15) is 0 Å². The van der Waals surface area contributed by atoms with E-state index in [0.717, 1.165) is 19.3 Å². The van der Waals surface area contributed by atoms with E-state index in [1.165, 1.54) is 11.1 Å². The average Bonchev–Trinajstić information content (AvgIpc) is 3.42. The molecule has 2 heterocycles. The molecule has 5 nitrogen and oxygen atoms in total. The lowest BCUT2D eigenvalue weighted by Crippen LogP contribution is -2.47. The Bertz CT molecular complexity index is 831. The number of rotatable bonds is 7. The van der Waals surface area contributed by atoms with Gasteiger partial charge in [-0.1, -0.05) is 36.5 Å². The summed E-state index contributed by atoms with van der Waals surface area (Å²) in [6.07, 6.45) is 3.91. The van der Waals surface area contributed by atoms with Crippen molar-refractivity contribution in [1.82, 2.24) is 10.6 Å². The monoisotopic (exact) mass is 430 g/mol. The molecule has 3 aliphatic rings. The minimum atomic E-state index is -0.600. The Hall–Kier alpha value is -1.54. The summed E-state index contributed by atoms with van der Waals surface area (Å²) in [5, 5.41) is 15.8. The predicted octanol–water partition coefficient (Wildman–Crippen LogP) is 2.14. The van der Waals surface area contributed by atoms with E-state index < -0.39 is 23.9 Å². The summed E-state index contributed by atoms with van der Waals surface area (Å²) in [5.74, 6) is -0.491. The second-order valence-electron chi connectivity index (χ2n) is 8.42. The summed E-state index contributed by atoms with van der Waals surface area (Å²) in [5.41, 5.74) is 2.77. The van der Waals surface area contributed by atoms with E-state index in [-0.39, 0.29) is 16.6 Å². The van der Waals surface area contributed by atoms with Crippen LogP contribution in [0, 0.1) is 17.8 Å². The van der Waals surface area contributed by atoms with E-state index in [0.29, 0.717) is 36.7 Å². The van der Waals surface area contributed by atoms with Gasteiger partial charge in [0, 0.05) is 23.7 Å². The third-order valence-electron chi connectivity index (χ3n) is 6.62. The fourth-order valence-electron chi connectivity index (χ4n) is 5.11. The molecule has 2 fully saturated rings. The number of ketones is 2. The van der Waals surface area contributed by atoms with E-state index in [2.05, 4.69) is 34.9 Å². The maximum Gasteiger partial charge on any atom is 0.174 e. The third-order valence-corrected chi connectivity index (χ3v) is 7.27. The van der Waals surface area contributed by atoms with Crippen LogP contribution >= 0.6 is 24.4 Å². The third kappa shape index (κ3) is 4.19. The topological polar surface area (TPSA) is 78.4 Å². The van der Waals surface area contributed by atoms with Crippen LogP contribution in [0.5, 0.6) is 0 Å². The molecule has 2 unspecified atom stereocenters. The van der Waals surface area contributed by atoms with Gasteiger partial charge in [0.1, 0.15) is 5.78 Å². The lowest BCUT2D eigenvalue weighted by molar-refractivity contribution is -0.129. The molecule has 1 aromatic rings. The largest absolute Gasteiger partial charge is 0.501 e. The molecular formula is C22H26N2O3S2. The Balaban J connectivity index is 1.38.